The molecule has 0 spiro atoms. The quantitative estimate of drug-likeness (QED) is 0.343. The van der Waals surface area contributed by atoms with E-state index in [-0.39, 0.29) is 5.56 Å². The number of esters is 1. The van der Waals surface area contributed by atoms with Gasteiger partial charge in [-0.1, -0.05) is 53.8 Å². The largest absolute Gasteiger partial charge is 0.490 e. The van der Waals surface area contributed by atoms with E-state index < -0.39 is 5.97 Å². The van der Waals surface area contributed by atoms with E-state index in [0.717, 1.165) is 11.1 Å². The Bertz CT molecular complexity index is 1370. The fraction of sp³-hybridized carbons (Fsp3) is 0.130. The average molecular weight is 433 g/mol. The molecule has 0 saturated heterocycles. The summed E-state index contributed by atoms with van der Waals surface area (Å²) in [6.45, 7) is 3.59. The maximum Gasteiger partial charge on any atom is 0.308 e. The summed E-state index contributed by atoms with van der Waals surface area (Å²) in [5.74, 6) is 0.823. The van der Waals surface area contributed by atoms with Crippen LogP contribution in [-0.2, 0) is 4.79 Å². The summed E-state index contributed by atoms with van der Waals surface area (Å²) in [5, 5.41) is 4.30. The van der Waals surface area contributed by atoms with Gasteiger partial charge in [0, 0.05) is 6.92 Å². The Morgan fingerprint density at radius 3 is 2.61 bits per heavy atom. The molecule has 0 radical (unpaired) electrons. The van der Waals surface area contributed by atoms with Crippen molar-refractivity contribution < 1.29 is 14.3 Å². The second-order valence-electron chi connectivity index (χ2n) is 6.56. The van der Waals surface area contributed by atoms with Gasteiger partial charge in [0.1, 0.15) is 0 Å². The van der Waals surface area contributed by atoms with Crippen molar-refractivity contribution in [1.82, 2.24) is 14.6 Å². The van der Waals surface area contributed by atoms with Crippen LogP contribution in [0.4, 0.5) is 0 Å². The average Bonchev–Trinajstić information content (AvgIpc) is 3.28. The van der Waals surface area contributed by atoms with Gasteiger partial charge in [0.05, 0.1) is 11.1 Å². The molecule has 8 heteroatoms. The van der Waals surface area contributed by atoms with E-state index in [1.165, 1.54) is 22.8 Å². The van der Waals surface area contributed by atoms with Crippen molar-refractivity contribution in [2.45, 2.75) is 13.8 Å². The molecule has 2 heterocycles. The number of thiazole rings is 1. The number of hydrogen-bond acceptors (Lipinski definition) is 7. The number of carbonyl (C=O) groups is 1. The van der Waals surface area contributed by atoms with Crippen LogP contribution in [0, 0.1) is 0 Å². The number of fused-ring (bicyclic) bond motifs is 1. The van der Waals surface area contributed by atoms with E-state index in [0.29, 0.717) is 33.4 Å². The van der Waals surface area contributed by atoms with Crippen molar-refractivity contribution in [1.29, 1.82) is 0 Å². The Hall–Kier alpha value is -3.78. The first-order valence-corrected chi connectivity index (χ1v) is 10.4. The summed E-state index contributed by atoms with van der Waals surface area (Å²) < 4.78 is 12.5. The lowest BCUT2D eigenvalue weighted by Gasteiger charge is -2.10. The third kappa shape index (κ3) is 4.70. The van der Waals surface area contributed by atoms with Crippen LogP contribution in [0.2, 0.25) is 0 Å². The first-order valence-electron chi connectivity index (χ1n) is 9.63. The predicted octanol–water partition coefficient (Wildman–Crippen LogP) is 3.19. The number of nitrogens with zero attached hydrogens (tertiary/aromatic N) is 3. The second-order valence-corrected chi connectivity index (χ2v) is 7.57. The van der Waals surface area contributed by atoms with Gasteiger partial charge in [0.15, 0.2) is 17.3 Å². The molecule has 0 aliphatic carbocycles. The van der Waals surface area contributed by atoms with Crippen molar-refractivity contribution in [2.75, 3.05) is 6.61 Å². The van der Waals surface area contributed by atoms with Gasteiger partial charge in [-0.15, -0.1) is 5.10 Å². The van der Waals surface area contributed by atoms with Crippen LogP contribution < -0.4 is 19.6 Å². The smallest absolute Gasteiger partial charge is 0.308 e. The highest BCUT2D eigenvalue weighted by Gasteiger charge is 2.11. The van der Waals surface area contributed by atoms with Crippen molar-refractivity contribution in [3.8, 4) is 11.5 Å². The van der Waals surface area contributed by atoms with Gasteiger partial charge in [-0.05, 0) is 42.3 Å². The molecule has 0 unspecified atom stereocenters. The van der Waals surface area contributed by atoms with Crippen molar-refractivity contribution >= 4 is 40.5 Å². The van der Waals surface area contributed by atoms with Crippen molar-refractivity contribution in [2.24, 2.45) is 0 Å². The minimum atomic E-state index is -0.429. The number of rotatable bonds is 6. The Labute approximate surface area is 181 Å². The van der Waals surface area contributed by atoms with E-state index in [4.69, 9.17) is 9.47 Å². The van der Waals surface area contributed by atoms with E-state index >= 15 is 0 Å². The van der Waals surface area contributed by atoms with Crippen LogP contribution in [0.5, 0.6) is 11.5 Å². The highest BCUT2D eigenvalue weighted by Crippen LogP contribution is 2.29. The summed E-state index contributed by atoms with van der Waals surface area (Å²) in [5.41, 5.74) is 1.53. The van der Waals surface area contributed by atoms with Gasteiger partial charge in [0.2, 0.25) is 4.96 Å². The van der Waals surface area contributed by atoms with Crippen LogP contribution >= 0.6 is 11.3 Å². The van der Waals surface area contributed by atoms with Gasteiger partial charge < -0.3 is 9.47 Å². The van der Waals surface area contributed by atoms with E-state index in [9.17, 15) is 9.59 Å². The normalized spacial score (nSPS) is 12.0. The monoisotopic (exact) mass is 433 g/mol. The molecule has 0 fully saturated rings. The fourth-order valence-electron chi connectivity index (χ4n) is 2.93. The Morgan fingerprint density at radius 2 is 1.90 bits per heavy atom. The zero-order valence-electron chi connectivity index (χ0n) is 16.9. The SMILES string of the molecule is CCOc1cc(/C=c2\sc3nc(/C=C/c4ccccc4)nn3c2=O)ccc1OC(C)=O. The molecule has 156 valence electrons. The predicted molar refractivity (Wildman–Crippen MR) is 120 cm³/mol. The molecule has 4 aromatic rings. The highest BCUT2D eigenvalue weighted by molar-refractivity contribution is 7.15. The molecule has 2 aromatic heterocycles. The Morgan fingerprint density at radius 1 is 1.10 bits per heavy atom. The third-order valence-corrected chi connectivity index (χ3v) is 5.20. The zero-order valence-corrected chi connectivity index (χ0v) is 17.8. The van der Waals surface area contributed by atoms with Crippen molar-refractivity contribution in [3.63, 3.8) is 0 Å². The topological polar surface area (TPSA) is 82.8 Å². The van der Waals surface area contributed by atoms with E-state index in [1.54, 1.807) is 30.4 Å². The molecule has 0 saturated carbocycles. The maximum absolute atomic E-state index is 12.8. The van der Waals surface area contributed by atoms with Gasteiger partial charge in [-0.3, -0.25) is 9.59 Å². The molecule has 7 nitrogen and oxygen atoms in total. The fourth-order valence-corrected chi connectivity index (χ4v) is 3.84. The summed E-state index contributed by atoms with van der Waals surface area (Å²) >= 11 is 1.26. The van der Waals surface area contributed by atoms with Crippen LogP contribution in [-0.4, -0.2) is 27.2 Å². The number of hydrogen-bond donors (Lipinski definition) is 0. The van der Waals surface area contributed by atoms with Crippen molar-refractivity contribution in [3.05, 3.63) is 80.4 Å². The standard InChI is InChI=1S/C23H19N3O4S/c1-3-29-19-13-17(9-11-18(19)30-15(2)27)14-20-22(28)26-23(31-20)24-21(25-26)12-10-16-7-5-4-6-8-16/h4-14H,3H2,1-2H3/b12-10+,20-14-. The Kier molecular flexibility index (Phi) is 5.90. The zero-order chi connectivity index (χ0) is 21.8. The summed E-state index contributed by atoms with van der Waals surface area (Å²) in [6.07, 6.45) is 5.42. The molecule has 0 N–H and O–H groups in total. The molecule has 2 aromatic carbocycles. The molecular weight excluding hydrogens is 414 g/mol. The van der Waals surface area contributed by atoms with Crippen LogP contribution in [0.1, 0.15) is 30.8 Å². The van der Waals surface area contributed by atoms with Crippen LogP contribution in [0.25, 0.3) is 23.2 Å². The molecule has 0 amide bonds. The molecule has 4 rings (SSSR count). The highest BCUT2D eigenvalue weighted by atomic mass is 32.1. The Balaban J connectivity index is 1.65. The second kappa shape index (κ2) is 8.93. The lowest BCUT2D eigenvalue weighted by Crippen LogP contribution is -2.23. The lowest BCUT2D eigenvalue weighted by molar-refractivity contribution is -0.132. The lowest BCUT2D eigenvalue weighted by atomic mass is 10.2. The van der Waals surface area contributed by atoms with Gasteiger partial charge in [-0.25, -0.2) is 0 Å². The van der Waals surface area contributed by atoms with Gasteiger partial charge >= 0.3 is 5.97 Å². The number of carbonyl (C=O) groups excluding carboxylic acids is 1. The third-order valence-electron chi connectivity index (χ3n) is 4.24. The molecule has 31 heavy (non-hydrogen) atoms. The first kappa shape index (κ1) is 20.5. The van der Waals surface area contributed by atoms with Gasteiger partial charge in [0.25, 0.3) is 5.56 Å². The van der Waals surface area contributed by atoms with Gasteiger partial charge in [-0.2, -0.15) is 9.50 Å². The molecular formula is C23H19N3O4S. The summed E-state index contributed by atoms with van der Waals surface area (Å²) in [4.78, 5) is 29.0. The number of ether oxygens (including phenoxy) is 2. The molecule has 0 bridgehead atoms. The summed E-state index contributed by atoms with van der Waals surface area (Å²) in [7, 11) is 0. The minimum absolute atomic E-state index is 0.242. The van der Waals surface area contributed by atoms with E-state index in [1.807, 2.05) is 43.3 Å². The minimum Gasteiger partial charge on any atom is -0.490 e. The van der Waals surface area contributed by atoms with E-state index in [2.05, 4.69) is 10.1 Å². The van der Waals surface area contributed by atoms with Crippen LogP contribution in [0.15, 0.2) is 53.3 Å². The van der Waals surface area contributed by atoms with Crippen LogP contribution in [0.3, 0.4) is 0 Å². The maximum atomic E-state index is 12.8. The molecule has 0 aliphatic heterocycles. The molecule has 0 atom stereocenters. The number of aromatic nitrogens is 3. The number of benzene rings is 2. The first-order chi connectivity index (χ1) is 15.0. The summed E-state index contributed by atoms with van der Waals surface area (Å²) in [6, 6.07) is 14.9. The molecule has 0 aliphatic rings.